The summed E-state index contributed by atoms with van der Waals surface area (Å²) in [5, 5.41) is 6.49. The first-order chi connectivity index (χ1) is 13.6. The molecule has 1 N–H and O–H groups in total. The molecule has 28 heavy (non-hydrogen) atoms. The lowest BCUT2D eigenvalue weighted by Gasteiger charge is -2.29. The second kappa shape index (κ2) is 6.78. The van der Waals surface area contributed by atoms with E-state index in [1.807, 2.05) is 0 Å². The Balaban J connectivity index is 1.51. The van der Waals surface area contributed by atoms with Crippen LogP contribution in [0.2, 0.25) is 5.02 Å². The van der Waals surface area contributed by atoms with Gasteiger partial charge in [0.25, 0.3) is 5.56 Å². The number of rotatable bonds is 4. The van der Waals surface area contributed by atoms with Crippen LogP contribution < -0.4 is 10.5 Å². The summed E-state index contributed by atoms with van der Waals surface area (Å²) in [5.41, 5.74) is 5.39. The maximum Gasteiger partial charge on any atom is 0.285 e. The van der Waals surface area contributed by atoms with E-state index in [2.05, 4.69) is 50.9 Å². The van der Waals surface area contributed by atoms with Crippen molar-refractivity contribution in [1.29, 1.82) is 0 Å². The first-order valence-electron chi connectivity index (χ1n) is 9.72. The minimum Gasteiger partial charge on any atom is -0.362 e. The Morgan fingerprint density at radius 1 is 1.29 bits per heavy atom. The Morgan fingerprint density at radius 2 is 2.11 bits per heavy atom. The van der Waals surface area contributed by atoms with Crippen LogP contribution in [-0.2, 0) is 19.5 Å². The molecule has 0 saturated heterocycles. The van der Waals surface area contributed by atoms with Gasteiger partial charge in [-0.2, -0.15) is 5.10 Å². The van der Waals surface area contributed by atoms with E-state index in [9.17, 15) is 4.79 Å². The van der Waals surface area contributed by atoms with Gasteiger partial charge < -0.3 is 9.47 Å². The van der Waals surface area contributed by atoms with Crippen molar-refractivity contribution in [2.75, 3.05) is 11.4 Å². The zero-order chi connectivity index (χ0) is 19.3. The number of H-pyrrole nitrogens is 1. The highest BCUT2D eigenvalue weighted by Gasteiger charge is 2.33. The van der Waals surface area contributed by atoms with Gasteiger partial charge >= 0.3 is 0 Å². The smallest absolute Gasteiger partial charge is 0.285 e. The fourth-order valence-electron chi connectivity index (χ4n) is 4.05. The molecule has 0 spiro atoms. The lowest BCUT2D eigenvalue weighted by Crippen LogP contribution is -2.32. The van der Waals surface area contributed by atoms with Crippen LogP contribution in [0.4, 0.5) is 5.69 Å². The van der Waals surface area contributed by atoms with Crippen molar-refractivity contribution in [3.8, 4) is 0 Å². The van der Waals surface area contributed by atoms with E-state index in [0.717, 1.165) is 25.2 Å². The third-order valence-electron chi connectivity index (χ3n) is 5.79. The Bertz CT molecular complexity index is 1100. The van der Waals surface area contributed by atoms with Crippen molar-refractivity contribution < 1.29 is 0 Å². The normalized spacial score (nSPS) is 16.3. The van der Waals surface area contributed by atoms with E-state index in [1.165, 1.54) is 35.5 Å². The van der Waals surface area contributed by atoms with Gasteiger partial charge in [0.05, 0.1) is 24.1 Å². The average molecular weight is 396 g/mol. The molecule has 144 valence electrons. The molecule has 1 aliphatic heterocycles. The minimum absolute atomic E-state index is 0.195. The maximum absolute atomic E-state index is 11.8. The van der Waals surface area contributed by atoms with Crippen molar-refractivity contribution in [3.63, 3.8) is 0 Å². The predicted molar refractivity (Wildman–Crippen MR) is 109 cm³/mol. The number of nitrogens with one attached hydrogen (secondary N) is 1. The molecular formula is C21H22ClN5O. The molecule has 1 aromatic carbocycles. The van der Waals surface area contributed by atoms with Gasteiger partial charge in [0.2, 0.25) is 0 Å². The third kappa shape index (κ3) is 3.02. The summed E-state index contributed by atoms with van der Waals surface area (Å²) in [4.78, 5) is 19.0. The predicted octanol–water partition coefficient (Wildman–Crippen LogP) is 3.42. The van der Waals surface area contributed by atoms with Crippen molar-refractivity contribution in [2.24, 2.45) is 0 Å². The molecule has 5 rings (SSSR count). The zero-order valence-corrected chi connectivity index (χ0v) is 16.5. The second-order valence-corrected chi connectivity index (χ2v) is 8.10. The Labute approximate surface area is 168 Å². The molecule has 0 unspecified atom stereocenters. The van der Waals surface area contributed by atoms with Gasteiger partial charge in [-0.1, -0.05) is 35.9 Å². The number of aryl methyl sites for hydroxylation is 1. The van der Waals surface area contributed by atoms with Gasteiger partial charge in [-0.3, -0.25) is 4.79 Å². The van der Waals surface area contributed by atoms with E-state index in [-0.39, 0.29) is 10.6 Å². The van der Waals surface area contributed by atoms with Crippen molar-refractivity contribution in [3.05, 3.63) is 74.2 Å². The number of benzene rings is 1. The number of fused-ring (bicyclic) bond motifs is 1. The highest BCUT2D eigenvalue weighted by molar-refractivity contribution is 6.32. The van der Waals surface area contributed by atoms with Crippen LogP contribution >= 0.6 is 11.6 Å². The first kappa shape index (κ1) is 17.5. The van der Waals surface area contributed by atoms with Gasteiger partial charge in [-0.15, -0.1) is 0 Å². The monoisotopic (exact) mass is 395 g/mol. The van der Waals surface area contributed by atoms with E-state index in [4.69, 9.17) is 16.6 Å². The van der Waals surface area contributed by atoms with Gasteiger partial charge in [0, 0.05) is 31.1 Å². The molecule has 6 nitrogen and oxygen atoms in total. The molecule has 1 saturated carbocycles. The molecule has 7 heteroatoms. The van der Waals surface area contributed by atoms with Gasteiger partial charge in [-0.25, -0.2) is 10.1 Å². The van der Waals surface area contributed by atoms with E-state index in [0.29, 0.717) is 18.2 Å². The molecule has 0 atom stereocenters. The summed E-state index contributed by atoms with van der Waals surface area (Å²) in [6, 6.07) is 8.56. The summed E-state index contributed by atoms with van der Waals surface area (Å²) in [7, 11) is 0. The molecular weight excluding hydrogens is 374 g/mol. The quantitative estimate of drug-likeness (QED) is 0.735. The molecule has 0 radical (unpaired) electrons. The number of imidazole rings is 1. The molecule has 0 amide bonds. The number of hydrogen-bond acceptors (Lipinski definition) is 4. The van der Waals surface area contributed by atoms with Gasteiger partial charge in [0.1, 0.15) is 10.8 Å². The summed E-state index contributed by atoms with van der Waals surface area (Å²) >= 11 is 6.22. The Kier molecular flexibility index (Phi) is 4.23. The molecule has 2 aromatic heterocycles. The number of anilines is 1. The summed E-state index contributed by atoms with van der Waals surface area (Å²) in [6.07, 6.45) is 4.94. The number of aromatic nitrogens is 4. The van der Waals surface area contributed by atoms with Crippen LogP contribution in [0.15, 0.2) is 35.3 Å². The van der Waals surface area contributed by atoms with Crippen molar-refractivity contribution >= 4 is 17.3 Å². The van der Waals surface area contributed by atoms with Crippen LogP contribution in [0.25, 0.3) is 0 Å². The molecule has 2 aliphatic rings. The number of nitrogens with zero attached hydrogens (tertiary/aromatic N) is 4. The van der Waals surface area contributed by atoms with Crippen molar-refractivity contribution in [2.45, 2.75) is 45.2 Å². The lowest BCUT2D eigenvalue weighted by molar-refractivity contribution is 0.645. The zero-order valence-electron chi connectivity index (χ0n) is 15.8. The van der Waals surface area contributed by atoms with E-state index >= 15 is 0 Å². The lowest BCUT2D eigenvalue weighted by atomic mass is 10.1. The molecule has 3 heterocycles. The average Bonchev–Trinajstić information content (AvgIpc) is 3.48. The number of hydrogen-bond donors (Lipinski definition) is 1. The summed E-state index contributed by atoms with van der Waals surface area (Å²) < 4.78 is 2.43. The summed E-state index contributed by atoms with van der Waals surface area (Å²) in [6.45, 7) is 4.48. The van der Waals surface area contributed by atoms with Crippen LogP contribution in [-0.4, -0.2) is 26.3 Å². The molecule has 1 aliphatic carbocycles. The Hall–Kier alpha value is -2.60. The highest BCUT2D eigenvalue weighted by atomic mass is 35.5. The maximum atomic E-state index is 11.8. The topological polar surface area (TPSA) is 66.8 Å². The number of aromatic amines is 1. The largest absolute Gasteiger partial charge is 0.362 e. The van der Waals surface area contributed by atoms with Gasteiger partial charge in [0.15, 0.2) is 0 Å². The van der Waals surface area contributed by atoms with Crippen LogP contribution in [0, 0.1) is 6.92 Å². The SMILES string of the molecule is Cc1ccccc1Cn1c(C2CC2)nc2c1CCN(c1cn[nH]c(=O)c1Cl)C2. The summed E-state index contributed by atoms with van der Waals surface area (Å²) in [5.74, 6) is 1.79. The van der Waals surface area contributed by atoms with Crippen molar-refractivity contribution in [1.82, 2.24) is 19.7 Å². The van der Waals surface area contributed by atoms with E-state index < -0.39 is 0 Å². The van der Waals surface area contributed by atoms with Crippen LogP contribution in [0.1, 0.15) is 47.1 Å². The molecule has 0 bridgehead atoms. The third-order valence-corrected chi connectivity index (χ3v) is 6.16. The second-order valence-electron chi connectivity index (χ2n) is 7.72. The van der Waals surface area contributed by atoms with Gasteiger partial charge in [-0.05, 0) is 30.9 Å². The highest BCUT2D eigenvalue weighted by Crippen LogP contribution is 2.41. The number of halogens is 1. The molecule has 3 aromatic rings. The first-order valence-corrected chi connectivity index (χ1v) is 10.1. The van der Waals surface area contributed by atoms with E-state index in [1.54, 1.807) is 6.20 Å². The fourth-order valence-corrected chi connectivity index (χ4v) is 4.26. The fraction of sp³-hybridized carbons (Fsp3) is 0.381. The standard InChI is InChI=1S/C21H22ClN5O/c1-13-4-2-3-5-15(13)11-27-17-8-9-26(18-10-23-25-21(28)19(18)22)12-16(17)24-20(27)14-6-7-14/h2-5,10,14H,6-9,11-12H2,1H3,(H,25,28). The van der Waals surface area contributed by atoms with Crippen LogP contribution in [0.3, 0.4) is 0 Å². The van der Waals surface area contributed by atoms with Crippen LogP contribution in [0.5, 0.6) is 0 Å². The molecule has 1 fully saturated rings. The minimum atomic E-state index is -0.353. The Morgan fingerprint density at radius 3 is 2.89 bits per heavy atom.